The van der Waals surface area contributed by atoms with Gasteiger partial charge in [-0.2, -0.15) is 0 Å². The van der Waals surface area contributed by atoms with Crippen molar-refractivity contribution in [2.75, 3.05) is 18.5 Å². The predicted octanol–water partition coefficient (Wildman–Crippen LogP) is 1.93. The lowest BCUT2D eigenvalue weighted by Crippen LogP contribution is -2.23. The fourth-order valence-electron chi connectivity index (χ4n) is 1.22. The summed E-state index contributed by atoms with van der Waals surface area (Å²) < 4.78 is 0.478. The highest BCUT2D eigenvalue weighted by Crippen LogP contribution is 2.17. The second-order valence-corrected chi connectivity index (χ2v) is 4.01. The predicted molar refractivity (Wildman–Crippen MR) is 65.3 cm³/mol. The zero-order valence-electron chi connectivity index (χ0n) is 8.66. The highest BCUT2D eigenvalue weighted by Gasteiger charge is 2.09. The fraction of sp³-hybridized carbons (Fsp3) is 0.400. The van der Waals surface area contributed by atoms with Crippen molar-refractivity contribution in [2.45, 2.75) is 12.8 Å². The second-order valence-electron chi connectivity index (χ2n) is 3.22. The number of aromatic amines is 1. The second kappa shape index (κ2) is 5.70. The van der Waals surface area contributed by atoms with Crippen LogP contribution in [0.4, 0.5) is 5.82 Å². The number of hydrogen-bond donors (Lipinski definition) is 1. The summed E-state index contributed by atoms with van der Waals surface area (Å²) in [6, 6.07) is 0. The number of anilines is 1. The normalized spacial score (nSPS) is 10.0. The maximum Gasteiger partial charge on any atom is 0.267 e. The quantitative estimate of drug-likeness (QED) is 0.658. The van der Waals surface area contributed by atoms with E-state index in [0.29, 0.717) is 10.3 Å². The first kappa shape index (κ1) is 12.0. The van der Waals surface area contributed by atoms with E-state index in [1.54, 1.807) is 0 Å². The van der Waals surface area contributed by atoms with Gasteiger partial charge in [-0.1, -0.05) is 6.08 Å². The number of aromatic nitrogens is 2. The Bertz CT molecular complexity index is 388. The molecule has 0 bridgehead atoms. The van der Waals surface area contributed by atoms with Gasteiger partial charge in [0.2, 0.25) is 0 Å². The molecule has 5 heteroatoms. The van der Waals surface area contributed by atoms with E-state index in [1.165, 1.54) is 6.33 Å². The molecule has 0 aromatic carbocycles. The Morgan fingerprint density at radius 1 is 1.73 bits per heavy atom. The molecule has 0 aliphatic rings. The molecule has 15 heavy (non-hydrogen) atoms. The van der Waals surface area contributed by atoms with E-state index in [-0.39, 0.29) is 5.56 Å². The number of nitrogens with one attached hydrogen (secondary N) is 1. The highest BCUT2D eigenvalue weighted by molar-refractivity contribution is 9.10. The third-order valence-electron chi connectivity index (χ3n) is 2.04. The Kier molecular flexibility index (Phi) is 4.55. The van der Waals surface area contributed by atoms with Crippen LogP contribution in [-0.4, -0.2) is 23.6 Å². The molecule has 82 valence electrons. The van der Waals surface area contributed by atoms with Crippen molar-refractivity contribution in [1.29, 1.82) is 0 Å². The summed E-state index contributed by atoms with van der Waals surface area (Å²) in [7, 11) is 1.91. The third-order valence-corrected chi connectivity index (χ3v) is 2.76. The molecule has 0 aliphatic heterocycles. The number of hydrogen-bond acceptors (Lipinski definition) is 3. The molecule has 0 radical (unpaired) electrons. The SMILES string of the molecule is C=CCCCN(C)c1nc[nH]c(=O)c1Br. The summed E-state index contributed by atoms with van der Waals surface area (Å²) in [5, 5.41) is 0. The molecule has 0 saturated heterocycles. The number of H-pyrrole nitrogens is 1. The van der Waals surface area contributed by atoms with E-state index in [0.717, 1.165) is 19.4 Å². The van der Waals surface area contributed by atoms with Gasteiger partial charge in [-0.25, -0.2) is 4.98 Å². The van der Waals surface area contributed by atoms with Crippen LogP contribution in [0.5, 0.6) is 0 Å². The van der Waals surface area contributed by atoms with E-state index in [4.69, 9.17) is 0 Å². The van der Waals surface area contributed by atoms with Crippen molar-refractivity contribution in [2.24, 2.45) is 0 Å². The summed E-state index contributed by atoms with van der Waals surface area (Å²) in [4.78, 5) is 19.9. The summed E-state index contributed by atoms with van der Waals surface area (Å²) >= 11 is 3.22. The third kappa shape index (κ3) is 3.20. The minimum absolute atomic E-state index is 0.157. The van der Waals surface area contributed by atoms with E-state index in [1.807, 2.05) is 18.0 Å². The zero-order chi connectivity index (χ0) is 11.3. The standard InChI is InChI=1S/C10H14BrN3O/c1-3-4-5-6-14(2)9-8(11)10(15)13-7-12-9/h3,7H,1,4-6H2,2H3,(H,12,13,15). The van der Waals surface area contributed by atoms with Gasteiger partial charge in [0.25, 0.3) is 5.56 Å². The van der Waals surface area contributed by atoms with Gasteiger partial charge in [-0.3, -0.25) is 4.79 Å². The average molecular weight is 272 g/mol. The molecule has 1 rings (SSSR count). The molecule has 1 heterocycles. The van der Waals surface area contributed by atoms with E-state index < -0.39 is 0 Å². The molecule has 1 N–H and O–H groups in total. The van der Waals surface area contributed by atoms with Crippen LogP contribution >= 0.6 is 15.9 Å². The van der Waals surface area contributed by atoms with Gasteiger partial charge < -0.3 is 9.88 Å². The smallest absolute Gasteiger partial charge is 0.267 e. The Morgan fingerprint density at radius 3 is 3.13 bits per heavy atom. The van der Waals surface area contributed by atoms with Crippen LogP contribution in [0.1, 0.15) is 12.8 Å². The van der Waals surface area contributed by atoms with Crippen molar-refractivity contribution in [3.8, 4) is 0 Å². The number of allylic oxidation sites excluding steroid dienone is 1. The Balaban J connectivity index is 2.73. The van der Waals surface area contributed by atoms with Crippen LogP contribution in [-0.2, 0) is 0 Å². The Morgan fingerprint density at radius 2 is 2.47 bits per heavy atom. The first-order valence-corrected chi connectivity index (χ1v) is 5.51. The molecule has 0 saturated carbocycles. The van der Waals surface area contributed by atoms with Crippen molar-refractivity contribution < 1.29 is 0 Å². The van der Waals surface area contributed by atoms with Gasteiger partial charge in [-0.15, -0.1) is 6.58 Å². The van der Waals surface area contributed by atoms with Gasteiger partial charge in [0.05, 0.1) is 6.33 Å². The number of nitrogens with zero attached hydrogens (tertiary/aromatic N) is 2. The molecule has 0 unspecified atom stereocenters. The van der Waals surface area contributed by atoms with Crippen molar-refractivity contribution in [3.05, 3.63) is 33.8 Å². The summed E-state index contributed by atoms with van der Waals surface area (Å²) in [5.41, 5.74) is -0.157. The Labute approximate surface area is 97.2 Å². The number of halogens is 1. The molecule has 0 fully saturated rings. The molecule has 4 nitrogen and oxygen atoms in total. The lowest BCUT2D eigenvalue weighted by Gasteiger charge is -2.18. The van der Waals surface area contributed by atoms with Gasteiger partial charge in [0.1, 0.15) is 10.3 Å². The fourth-order valence-corrected chi connectivity index (χ4v) is 1.74. The van der Waals surface area contributed by atoms with Crippen LogP contribution in [0, 0.1) is 0 Å². The number of unbranched alkanes of at least 4 members (excludes halogenated alkanes) is 1. The van der Waals surface area contributed by atoms with Crippen LogP contribution in [0.3, 0.4) is 0 Å². The lowest BCUT2D eigenvalue weighted by atomic mass is 10.3. The maximum atomic E-state index is 11.3. The highest BCUT2D eigenvalue weighted by atomic mass is 79.9. The largest absolute Gasteiger partial charge is 0.359 e. The minimum Gasteiger partial charge on any atom is -0.359 e. The van der Waals surface area contributed by atoms with Crippen LogP contribution in [0.2, 0.25) is 0 Å². The molecular formula is C10H14BrN3O. The van der Waals surface area contributed by atoms with E-state index >= 15 is 0 Å². The van der Waals surface area contributed by atoms with Crippen molar-refractivity contribution >= 4 is 21.7 Å². The first-order valence-electron chi connectivity index (χ1n) is 4.72. The van der Waals surface area contributed by atoms with Gasteiger partial charge >= 0.3 is 0 Å². The first-order chi connectivity index (χ1) is 7.16. The van der Waals surface area contributed by atoms with Crippen LogP contribution < -0.4 is 10.5 Å². The topological polar surface area (TPSA) is 49.0 Å². The lowest BCUT2D eigenvalue weighted by molar-refractivity contribution is 0.786. The van der Waals surface area contributed by atoms with E-state index in [2.05, 4.69) is 32.5 Å². The maximum absolute atomic E-state index is 11.3. The summed E-state index contributed by atoms with van der Waals surface area (Å²) in [5.74, 6) is 0.669. The molecule has 0 amide bonds. The monoisotopic (exact) mass is 271 g/mol. The van der Waals surface area contributed by atoms with Crippen molar-refractivity contribution in [1.82, 2.24) is 9.97 Å². The van der Waals surface area contributed by atoms with Crippen LogP contribution in [0.25, 0.3) is 0 Å². The average Bonchev–Trinajstić information content (AvgIpc) is 2.22. The summed E-state index contributed by atoms with van der Waals surface area (Å²) in [6.45, 7) is 4.51. The molecular weight excluding hydrogens is 258 g/mol. The van der Waals surface area contributed by atoms with Crippen LogP contribution in [0.15, 0.2) is 28.2 Å². The van der Waals surface area contributed by atoms with Gasteiger partial charge in [-0.05, 0) is 28.8 Å². The molecule has 1 aromatic heterocycles. The molecule has 0 atom stereocenters. The number of rotatable bonds is 5. The Hall–Kier alpha value is -1.10. The molecule has 0 spiro atoms. The van der Waals surface area contributed by atoms with Gasteiger partial charge in [0, 0.05) is 13.6 Å². The minimum atomic E-state index is -0.157. The molecule has 0 aliphatic carbocycles. The van der Waals surface area contributed by atoms with Gasteiger partial charge in [0.15, 0.2) is 0 Å². The summed E-state index contributed by atoms with van der Waals surface area (Å²) in [6.07, 6.45) is 5.26. The van der Waals surface area contributed by atoms with E-state index in [9.17, 15) is 4.79 Å². The van der Waals surface area contributed by atoms with Crippen molar-refractivity contribution in [3.63, 3.8) is 0 Å². The zero-order valence-corrected chi connectivity index (χ0v) is 10.2. The molecule has 1 aromatic rings.